The topological polar surface area (TPSA) is 83.4 Å². The number of hydrogen-bond donors (Lipinski definition) is 0. The first-order valence-electron chi connectivity index (χ1n) is 7.01. The van der Waals surface area contributed by atoms with Crippen LogP contribution in [0.1, 0.15) is 36.7 Å². The maximum absolute atomic E-state index is 12.5. The number of methoxy groups -OCH3 is 2. The average Bonchev–Trinajstić information content (AvgIpc) is 2.53. The fraction of sp³-hybridized carbons (Fsp3) is 0.375. The monoisotopic (exact) mass is 317 g/mol. The molecule has 0 aliphatic rings. The maximum Gasteiger partial charge on any atom is 0.346 e. The van der Waals surface area contributed by atoms with E-state index in [0.29, 0.717) is 5.56 Å². The Morgan fingerprint density at radius 2 is 1.43 bits per heavy atom. The van der Waals surface area contributed by atoms with E-state index in [1.54, 1.807) is 12.1 Å². The van der Waals surface area contributed by atoms with Gasteiger partial charge in [0.25, 0.3) is 0 Å². The van der Waals surface area contributed by atoms with Crippen molar-refractivity contribution in [2.75, 3.05) is 14.2 Å². The first-order valence-corrected chi connectivity index (χ1v) is 7.01. The minimum atomic E-state index is -0.550. The molecule has 122 valence electrons. The summed E-state index contributed by atoms with van der Waals surface area (Å²) in [7, 11) is 2.80. The Balaban J connectivity index is 2.33. The van der Waals surface area contributed by atoms with E-state index in [0.717, 1.165) is 5.56 Å². The molecule has 7 nitrogen and oxygen atoms in total. The summed E-state index contributed by atoms with van der Waals surface area (Å²) in [5.74, 6) is -0.550. The third-order valence-electron chi connectivity index (χ3n) is 3.08. The minimum Gasteiger partial charge on any atom is -0.467 e. The van der Waals surface area contributed by atoms with E-state index in [9.17, 15) is 4.79 Å². The molecule has 23 heavy (non-hydrogen) atoms. The Bertz CT molecular complexity index is 688. The third kappa shape index (κ3) is 3.94. The van der Waals surface area contributed by atoms with Crippen LogP contribution in [-0.4, -0.2) is 35.1 Å². The zero-order valence-electron chi connectivity index (χ0n) is 13.8. The fourth-order valence-corrected chi connectivity index (χ4v) is 2.00. The van der Waals surface area contributed by atoms with Crippen LogP contribution in [0.25, 0.3) is 0 Å². The van der Waals surface area contributed by atoms with Gasteiger partial charge in [-0.3, -0.25) is 0 Å². The summed E-state index contributed by atoms with van der Waals surface area (Å²) in [5.41, 5.74) is 1.13. The number of esters is 1. The third-order valence-corrected chi connectivity index (χ3v) is 3.08. The Hall–Kier alpha value is -2.70. The van der Waals surface area contributed by atoms with Gasteiger partial charge < -0.3 is 14.2 Å². The van der Waals surface area contributed by atoms with Crippen LogP contribution in [0.15, 0.2) is 24.3 Å². The van der Waals surface area contributed by atoms with Crippen molar-refractivity contribution in [1.82, 2.24) is 15.0 Å². The van der Waals surface area contributed by atoms with Crippen LogP contribution in [0.3, 0.4) is 0 Å². The summed E-state index contributed by atoms with van der Waals surface area (Å²) in [4.78, 5) is 24.1. The van der Waals surface area contributed by atoms with Crippen molar-refractivity contribution in [3.63, 3.8) is 0 Å². The Morgan fingerprint density at radius 3 is 1.96 bits per heavy atom. The fourth-order valence-electron chi connectivity index (χ4n) is 2.00. The highest BCUT2D eigenvalue weighted by Gasteiger charge is 2.23. The number of ether oxygens (including phenoxy) is 3. The highest BCUT2D eigenvalue weighted by molar-refractivity contribution is 5.92. The molecule has 0 N–H and O–H groups in total. The molecule has 1 heterocycles. The molecule has 1 aromatic carbocycles. The molecular weight excluding hydrogens is 298 g/mol. The standard InChI is InChI=1S/C16H19N3O4/c1-16(2,3)11-9-7-6-8-10(11)12(20)23-15-18-13(21-4)17-14(19-15)22-5/h6-9H,1-5H3. The molecule has 0 fully saturated rings. The average molecular weight is 317 g/mol. The molecule has 0 amide bonds. The van der Waals surface area contributed by atoms with E-state index in [1.165, 1.54) is 14.2 Å². The second-order valence-electron chi connectivity index (χ2n) is 5.78. The van der Waals surface area contributed by atoms with Gasteiger partial charge in [-0.1, -0.05) is 39.0 Å². The van der Waals surface area contributed by atoms with E-state index >= 15 is 0 Å². The lowest BCUT2D eigenvalue weighted by molar-refractivity contribution is 0.0713. The van der Waals surface area contributed by atoms with Gasteiger partial charge in [-0.05, 0) is 17.0 Å². The molecule has 0 aliphatic heterocycles. The number of aromatic nitrogens is 3. The summed E-state index contributed by atoms with van der Waals surface area (Å²) in [6.45, 7) is 6.07. The normalized spacial score (nSPS) is 11.0. The maximum atomic E-state index is 12.5. The van der Waals surface area contributed by atoms with Gasteiger partial charge in [0.15, 0.2) is 0 Å². The van der Waals surface area contributed by atoms with Crippen LogP contribution >= 0.6 is 0 Å². The quantitative estimate of drug-likeness (QED) is 0.801. The minimum absolute atomic E-state index is 0.00348. The number of carbonyl (C=O) groups is 1. The molecule has 1 aromatic heterocycles. The molecule has 0 spiro atoms. The van der Waals surface area contributed by atoms with Gasteiger partial charge in [-0.25, -0.2) is 4.79 Å². The number of hydrogen-bond acceptors (Lipinski definition) is 7. The SMILES string of the molecule is COc1nc(OC)nc(OC(=O)c2ccccc2C(C)(C)C)n1. The number of rotatable bonds is 4. The molecule has 0 saturated heterocycles. The zero-order valence-corrected chi connectivity index (χ0v) is 13.8. The number of nitrogens with zero attached hydrogens (tertiary/aromatic N) is 3. The van der Waals surface area contributed by atoms with Crippen molar-refractivity contribution in [2.45, 2.75) is 26.2 Å². The highest BCUT2D eigenvalue weighted by atomic mass is 16.6. The van der Waals surface area contributed by atoms with Crippen LogP contribution in [0.2, 0.25) is 0 Å². The van der Waals surface area contributed by atoms with Crippen LogP contribution in [-0.2, 0) is 5.41 Å². The van der Waals surface area contributed by atoms with E-state index in [1.807, 2.05) is 32.9 Å². The van der Waals surface area contributed by atoms with Crippen molar-refractivity contribution >= 4 is 5.97 Å². The largest absolute Gasteiger partial charge is 0.467 e. The van der Waals surface area contributed by atoms with Crippen molar-refractivity contribution in [1.29, 1.82) is 0 Å². The molecule has 0 unspecified atom stereocenters. The molecule has 2 rings (SSSR count). The van der Waals surface area contributed by atoms with Crippen molar-refractivity contribution < 1.29 is 19.0 Å². The molecule has 0 radical (unpaired) electrons. The predicted molar refractivity (Wildman–Crippen MR) is 83.0 cm³/mol. The van der Waals surface area contributed by atoms with Gasteiger partial charge in [0.05, 0.1) is 19.8 Å². The Labute approximate surface area is 134 Å². The molecule has 2 aromatic rings. The van der Waals surface area contributed by atoms with Crippen LogP contribution in [0, 0.1) is 0 Å². The second-order valence-corrected chi connectivity index (χ2v) is 5.78. The molecular formula is C16H19N3O4. The Kier molecular flexibility index (Phi) is 4.78. The van der Waals surface area contributed by atoms with Gasteiger partial charge in [-0.15, -0.1) is 15.0 Å². The highest BCUT2D eigenvalue weighted by Crippen LogP contribution is 2.26. The molecule has 0 atom stereocenters. The van der Waals surface area contributed by atoms with Gasteiger partial charge in [0, 0.05) is 0 Å². The second kappa shape index (κ2) is 6.60. The van der Waals surface area contributed by atoms with Crippen molar-refractivity contribution in [3.8, 4) is 18.0 Å². The zero-order chi connectivity index (χ0) is 17.0. The number of benzene rings is 1. The van der Waals surface area contributed by atoms with Crippen molar-refractivity contribution in [3.05, 3.63) is 35.4 Å². The molecule has 0 bridgehead atoms. The van der Waals surface area contributed by atoms with Crippen LogP contribution in [0.5, 0.6) is 18.0 Å². The van der Waals surface area contributed by atoms with E-state index in [-0.39, 0.29) is 23.4 Å². The molecule has 7 heteroatoms. The van der Waals surface area contributed by atoms with E-state index in [2.05, 4.69) is 15.0 Å². The van der Waals surface area contributed by atoms with Gasteiger partial charge in [-0.2, -0.15) is 0 Å². The number of carbonyl (C=O) groups excluding carboxylic acids is 1. The first-order chi connectivity index (χ1) is 10.8. The van der Waals surface area contributed by atoms with E-state index in [4.69, 9.17) is 14.2 Å². The van der Waals surface area contributed by atoms with Crippen molar-refractivity contribution in [2.24, 2.45) is 0 Å². The summed E-state index contributed by atoms with van der Waals surface area (Å²) in [5, 5.41) is 0. The Morgan fingerprint density at radius 1 is 0.913 bits per heavy atom. The molecule has 0 aliphatic carbocycles. The van der Waals surface area contributed by atoms with Crippen LogP contribution < -0.4 is 14.2 Å². The lowest BCUT2D eigenvalue weighted by Crippen LogP contribution is -2.20. The van der Waals surface area contributed by atoms with Gasteiger partial charge >= 0.3 is 24.0 Å². The lowest BCUT2D eigenvalue weighted by atomic mass is 9.84. The van der Waals surface area contributed by atoms with Gasteiger partial charge in [0.1, 0.15) is 0 Å². The smallest absolute Gasteiger partial charge is 0.346 e. The lowest BCUT2D eigenvalue weighted by Gasteiger charge is -2.21. The van der Waals surface area contributed by atoms with Gasteiger partial charge in [0.2, 0.25) is 0 Å². The summed E-state index contributed by atoms with van der Waals surface area (Å²) in [6, 6.07) is 7.09. The molecule has 0 saturated carbocycles. The first kappa shape index (κ1) is 16.7. The summed E-state index contributed by atoms with van der Waals surface area (Å²) >= 11 is 0. The predicted octanol–water partition coefficient (Wildman–Crippen LogP) is 2.41. The summed E-state index contributed by atoms with van der Waals surface area (Å²) in [6.07, 6.45) is 0. The van der Waals surface area contributed by atoms with E-state index < -0.39 is 5.97 Å². The summed E-state index contributed by atoms with van der Waals surface area (Å²) < 4.78 is 15.1. The van der Waals surface area contributed by atoms with Crippen LogP contribution in [0.4, 0.5) is 0 Å².